The van der Waals surface area contributed by atoms with Gasteiger partial charge in [0.25, 0.3) is 11.8 Å². The molecule has 1 unspecified atom stereocenters. The lowest BCUT2D eigenvalue weighted by atomic mass is 9.84. The maximum Gasteiger partial charge on any atom is 0.324 e. The number of fused-ring (bicyclic) bond motifs is 6. The third-order valence-corrected chi connectivity index (χ3v) is 15.2. The van der Waals surface area contributed by atoms with E-state index in [4.69, 9.17) is 19.4 Å². The maximum absolute atomic E-state index is 14.9. The molecule has 2 N–H and O–H groups in total. The fourth-order valence-electron chi connectivity index (χ4n) is 10.6. The average Bonchev–Trinajstić information content (AvgIpc) is 4.15. The van der Waals surface area contributed by atoms with Crippen LogP contribution in [0.5, 0.6) is 0 Å². The number of rotatable bonds is 8. The van der Waals surface area contributed by atoms with Crippen molar-refractivity contribution in [2.75, 3.05) is 40.4 Å². The number of likely N-dealkylation sites (N-methyl/N-ethyl adjacent to an activating group) is 1. The largest absolute Gasteiger partial charge is 0.464 e. The predicted molar refractivity (Wildman–Crippen MR) is 256 cm³/mol. The second kappa shape index (κ2) is 19.9. The molecule has 1 aromatic carbocycles. The van der Waals surface area contributed by atoms with Crippen LogP contribution in [0.4, 0.5) is 0 Å². The SMILES string of the molecule is CC#CC(=O)N1C[C@H](C)[C@H](C(=O)N(C)C(C(=O)N[C@H]2Cc3nc(cs3)-c3ccc4c(c3)c(c(-c3cccnc3[C@H](C)OC)n4C)CC(C)(C)COC(=O)[C@@H]3CCCN(N3)C2=O)C2CCCC2)C1. The molecule has 0 spiro atoms. The van der Waals surface area contributed by atoms with Crippen molar-refractivity contribution in [2.45, 2.75) is 110 Å². The van der Waals surface area contributed by atoms with E-state index < -0.39 is 47.2 Å². The Hall–Kier alpha value is -5.63. The van der Waals surface area contributed by atoms with Gasteiger partial charge >= 0.3 is 5.97 Å². The van der Waals surface area contributed by atoms with Crippen LogP contribution in [0.2, 0.25) is 0 Å². The van der Waals surface area contributed by atoms with Gasteiger partial charge in [-0.2, -0.15) is 0 Å². The average molecular weight is 933 g/mol. The van der Waals surface area contributed by atoms with Crippen molar-refractivity contribution in [3.8, 4) is 34.4 Å². The molecule has 4 amide bonds. The van der Waals surface area contributed by atoms with Crippen LogP contribution < -0.4 is 10.7 Å². The summed E-state index contributed by atoms with van der Waals surface area (Å²) in [6, 6.07) is 7.65. The number of carbonyl (C=O) groups excluding carboxylic acids is 5. The van der Waals surface area contributed by atoms with E-state index >= 15 is 0 Å². The quantitative estimate of drug-likeness (QED) is 0.162. The first-order chi connectivity index (χ1) is 32.1. The first-order valence-corrected chi connectivity index (χ1v) is 24.5. The summed E-state index contributed by atoms with van der Waals surface area (Å²) in [6.45, 7) is 10.8. The molecule has 6 heterocycles. The van der Waals surface area contributed by atoms with Gasteiger partial charge in [0.05, 0.1) is 40.7 Å². The molecule has 1 aliphatic carbocycles. The van der Waals surface area contributed by atoms with E-state index in [2.05, 4.69) is 72.3 Å². The summed E-state index contributed by atoms with van der Waals surface area (Å²) < 4.78 is 14.1. The van der Waals surface area contributed by atoms with Gasteiger partial charge in [-0.05, 0) is 93.5 Å². The zero-order valence-corrected chi connectivity index (χ0v) is 40.8. The standard InChI is InChI=1S/C51H64N8O7S/c1-9-14-43(60)58-26-30(2)37(27-58)48(62)57(7)45(32-15-10-11-16-32)47(61)54-39-24-42-53-40(28-67-42)33-19-20-41-35(23-33)36(46(56(41)6)34-17-12-21-52-44(34)31(3)65-8)25-51(4,5)29-66-50(64)38-18-13-22-59(55-38)49(39)63/h12,17,19-21,23,28,30-32,37-39,45,55H,10-11,13,15-16,18,22,24-27,29H2,1-8H3,(H,54,61)/t30-,31-,37+,38-,39-,45?/m0/s1. The molecule has 4 aliphatic rings. The molecule has 15 nitrogen and oxygen atoms in total. The van der Waals surface area contributed by atoms with E-state index in [0.717, 1.165) is 70.4 Å². The monoisotopic (exact) mass is 932 g/mol. The lowest BCUT2D eigenvalue weighted by molar-refractivity contribution is -0.155. The Bertz CT molecular complexity index is 2600. The molecule has 16 heteroatoms. The summed E-state index contributed by atoms with van der Waals surface area (Å²) in [4.78, 5) is 83.6. The Kier molecular flexibility index (Phi) is 14.2. The number of aromatic nitrogens is 3. The summed E-state index contributed by atoms with van der Waals surface area (Å²) in [5, 5.41) is 8.23. The Labute approximate surface area is 397 Å². The number of methoxy groups -OCH3 is 1. The molecule has 356 valence electrons. The number of amides is 4. The Balaban J connectivity index is 1.15. The number of esters is 1. The van der Waals surface area contributed by atoms with Gasteiger partial charge in [-0.3, -0.25) is 34.0 Å². The van der Waals surface area contributed by atoms with Gasteiger partial charge in [0.1, 0.15) is 18.1 Å². The molecule has 3 aliphatic heterocycles. The fourth-order valence-corrected chi connectivity index (χ4v) is 11.5. The summed E-state index contributed by atoms with van der Waals surface area (Å²) >= 11 is 1.42. The molecule has 3 aromatic heterocycles. The summed E-state index contributed by atoms with van der Waals surface area (Å²) in [6.07, 6.45) is 6.59. The molecule has 8 rings (SSSR count). The highest BCUT2D eigenvalue weighted by molar-refractivity contribution is 7.10. The van der Waals surface area contributed by atoms with Crippen LogP contribution in [-0.4, -0.2) is 117 Å². The van der Waals surface area contributed by atoms with E-state index in [-0.39, 0.29) is 49.3 Å². The lowest BCUT2D eigenvalue weighted by Crippen LogP contribution is -2.62. The highest BCUT2D eigenvalue weighted by Gasteiger charge is 2.44. The molecule has 67 heavy (non-hydrogen) atoms. The zero-order valence-electron chi connectivity index (χ0n) is 40.0. The topological polar surface area (TPSA) is 168 Å². The number of nitrogens with zero attached hydrogens (tertiary/aromatic N) is 6. The van der Waals surface area contributed by atoms with Gasteiger partial charge in [0, 0.05) is 86.3 Å². The highest BCUT2D eigenvalue weighted by atomic mass is 32.1. The van der Waals surface area contributed by atoms with Gasteiger partial charge < -0.3 is 29.2 Å². The van der Waals surface area contributed by atoms with Crippen molar-refractivity contribution >= 4 is 51.8 Å². The molecule has 4 aromatic rings. The third-order valence-electron chi connectivity index (χ3n) is 14.3. The molecule has 1 saturated carbocycles. The van der Waals surface area contributed by atoms with Crippen molar-refractivity contribution in [1.29, 1.82) is 0 Å². The summed E-state index contributed by atoms with van der Waals surface area (Å²) in [7, 11) is 5.41. The number of hydrogen-bond acceptors (Lipinski definition) is 11. The molecule has 3 fully saturated rings. The molecule has 6 atom stereocenters. The lowest BCUT2D eigenvalue weighted by Gasteiger charge is -2.37. The van der Waals surface area contributed by atoms with E-state index in [1.165, 1.54) is 16.3 Å². The smallest absolute Gasteiger partial charge is 0.324 e. The van der Waals surface area contributed by atoms with Crippen molar-refractivity contribution in [2.24, 2.45) is 30.2 Å². The first-order valence-electron chi connectivity index (χ1n) is 23.7. The van der Waals surface area contributed by atoms with Crippen molar-refractivity contribution in [1.82, 2.24) is 40.1 Å². The van der Waals surface area contributed by atoms with E-state index in [9.17, 15) is 24.0 Å². The van der Waals surface area contributed by atoms with Crippen LogP contribution in [0.15, 0.2) is 41.9 Å². The van der Waals surface area contributed by atoms with Crippen LogP contribution in [0.25, 0.3) is 33.4 Å². The molecular weight excluding hydrogens is 869 g/mol. The number of likely N-dealkylation sites (tertiary alicyclic amines) is 1. The van der Waals surface area contributed by atoms with E-state index in [1.807, 2.05) is 25.3 Å². The molecule has 2 saturated heterocycles. The second-order valence-electron chi connectivity index (χ2n) is 19.7. The third kappa shape index (κ3) is 9.87. The Morgan fingerprint density at radius 1 is 1.10 bits per heavy atom. The molecule has 6 bridgehead atoms. The zero-order chi connectivity index (χ0) is 47.7. The normalized spacial score (nSPS) is 23.2. The van der Waals surface area contributed by atoms with Gasteiger partial charge in [0.2, 0.25) is 11.8 Å². The number of pyridine rings is 1. The van der Waals surface area contributed by atoms with Crippen LogP contribution in [0.1, 0.15) is 95.5 Å². The highest BCUT2D eigenvalue weighted by Crippen LogP contribution is 2.42. The fraction of sp³-hybridized carbons (Fsp3) is 0.549. The van der Waals surface area contributed by atoms with Gasteiger partial charge in [-0.15, -0.1) is 11.3 Å². The summed E-state index contributed by atoms with van der Waals surface area (Å²) in [5.74, 6) is 2.71. The number of hydrazine groups is 1. The van der Waals surface area contributed by atoms with Crippen molar-refractivity contribution in [3.05, 3.63) is 58.2 Å². The maximum atomic E-state index is 14.9. The summed E-state index contributed by atoms with van der Waals surface area (Å²) in [5.41, 5.74) is 9.19. The van der Waals surface area contributed by atoms with Crippen LogP contribution in [0.3, 0.4) is 0 Å². The first kappa shape index (κ1) is 47.8. The minimum absolute atomic E-state index is 0.0887. The number of aryl methyl sites for hydroxylation is 1. The number of cyclic esters (lactones) is 1. The van der Waals surface area contributed by atoms with Crippen LogP contribution in [-0.2, 0) is 53.3 Å². The van der Waals surface area contributed by atoms with Crippen molar-refractivity contribution in [3.63, 3.8) is 0 Å². The number of hydrogen-bond donors (Lipinski definition) is 2. The van der Waals surface area contributed by atoms with Gasteiger partial charge in [0.15, 0.2) is 0 Å². The van der Waals surface area contributed by atoms with Crippen LogP contribution >= 0.6 is 11.3 Å². The minimum Gasteiger partial charge on any atom is -0.464 e. The van der Waals surface area contributed by atoms with Crippen molar-refractivity contribution < 1.29 is 33.4 Å². The second-order valence-corrected chi connectivity index (χ2v) is 20.6. The molecular formula is C51H64N8O7S. The Morgan fingerprint density at radius 3 is 2.63 bits per heavy atom. The number of carbonyl (C=O) groups is 5. The van der Waals surface area contributed by atoms with Crippen LogP contribution in [0, 0.1) is 35.0 Å². The molecule has 0 radical (unpaired) electrons. The Morgan fingerprint density at radius 2 is 1.88 bits per heavy atom. The number of nitrogens with one attached hydrogen (secondary N) is 2. The van der Waals surface area contributed by atoms with Gasteiger partial charge in [-0.1, -0.05) is 45.6 Å². The number of thiazole rings is 1. The number of benzene rings is 1. The predicted octanol–water partition coefficient (Wildman–Crippen LogP) is 5.85. The van der Waals surface area contributed by atoms with Gasteiger partial charge in [-0.25, -0.2) is 10.4 Å². The van der Waals surface area contributed by atoms with E-state index in [1.54, 1.807) is 37.1 Å². The minimum atomic E-state index is -1.07. The van der Waals surface area contributed by atoms with E-state index in [0.29, 0.717) is 37.4 Å². The number of ether oxygens (including phenoxy) is 2.